The Bertz CT molecular complexity index is 857. The summed E-state index contributed by atoms with van der Waals surface area (Å²) in [6.45, 7) is 5.96. The molecule has 0 N–H and O–H groups in total. The highest BCUT2D eigenvalue weighted by molar-refractivity contribution is 5.81. The van der Waals surface area contributed by atoms with Gasteiger partial charge in [0.25, 0.3) is 0 Å². The van der Waals surface area contributed by atoms with Crippen molar-refractivity contribution >= 4 is 22.7 Å². The third-order valence-corrected chi connectivity index (χ3v) is 6.52. The van der Waals surface area contributed by atoms with Gasteiger partial charge < -0.3 is 14.4 Å². The van der Waals surface area contributed by atoms with E-state index >= 15 is 0 Å². The van der Waals surface area contributed by atoms with Gasteiger partial charge in [-0.3, -0.25) is 9.69 Å². The lowest BCUT2D eigenvalue weighted by Crippen LogP contribution is -2.43. The maximum atomic E-state index is 12.7. The number of rotatable bonds is 3. The molecular weight excluding hydrogens is 354 g/mol. The SMILES string of the molecule is O=C1OC(CN2CCOCC2)CC12CCN(c1ccc3ccccc3n1)CC2. The molecule has 148 valence electrons. The lowest BCUT2D eigenvalue weighted by Gasteiger charge is -2.37. The van der Waals surface area contributed by atoms with Gasteiger partial charge in [-0.1, -0.05) is 18.2 Å². The molecule has 1 atom stereocenters. The largest absolute Gasteiger partial charge is 0.461 e. The van der Waals surface area contributed by atoms with Gasteiger partial charge in [-0.15, -0.1) is 0 Å². The summed E-state index contributed by atoms with van der Waals surface area (Å²) < 4.78 is 11.2. The Morgan fingerprint density at radius 2 is 1.82 bits per heavy atom. The van der Waals surface area contributed by atoms with Crippen molar-refractivity contribution in [1.29, 1.82) is 0 Å². The number of nitrogens with zero attached hydrogens (tertiary/aromatic N) is 3. The Hall–Kier alpha value is -2.18. The Morgan fingerprint density at radius 3 is 2.64 bits per heavy atom. The third kappa shape index (κ3) is 3.35. The highest BCUT2D eigenvalue weighted by Gasteiger charge is 2.50. The van der Waals surface area contributed by atoms with Crippen molar-refractivity contribution < 1.29 is 14.3 Å². The van der Waals surface area contributed by atoms with E-state index in [4.69, 9.17) is 14.5 Å². The van der Waals surface area contributed by atoms with Crippen molar-refractivity contribution in [1.82, 2.24) is 9.88 Å². The number of para-hydroxylation sites is 1. The van der Waals surface area contributed by atoms with Gasteiger partial charge in [0.2, 0.25) is 0 Å². The van der Waals surface area contributed by atoms with E-state index in [1.807, 2.05) is 12.1 Å². The minimum atomic E-state index is -0.301. The molecule has 2 aromatic rings. The van der Waals surface area contributed by atoms with Gasteiger partial charge in [0.1, 0.15) is 11.9 Å². The third-order valence-electron chi connectivity index (χ3n) is 6.52. The Labute approximate surface area is 165 Å². The molecule has 1 unspecified atom stereocenters. The summed E-state index contributed by atoms with van der Waals surface area (Å²) in [6.07, 6.45) is 2.57. The zero-order valence-corrected chi connectivity index (χ0v) is 16.2. The monoisotopic (exact) mass is 381 g/mol. The smallest absolute Gasteiger partial charge is 0.312 e. The van der Waals surface area contributed by atoms with Crippen molar-refractivity contribution in [2.45, 2.75) is 25.4 Å². The Morgan fingerprint density at radius 1 is 1.04 bits per heavy atom. The summed E-state index contributed by atoms with van der Waals surface area (Å²) in [5.74, 6) is 1.02. The van der Waals surface area contributed by atoms with E-state index in [1.54, 1.807) is 0 Å². The number of morpholine rings is 1. The molecule has 0 bridgehead atoms. The molecular formula is C22H27N3O3. The fourth-order valence-electron chi connectivity index (χ4n) is 4.81. The number of esters is 1. The van der Waals surface area contributed by atoms with E-state index in [0.29, 0.717) is 0 Å². The number of fused-ring (bicyclic) bond motifs is 1. The molecule has 1 aromatic heterocycles. The van der Waals surface area contributed by atoms with Crippen molar-refractivity contribution in [3.63, 3.8) is 0 Å². The molecule has 4 heterocycles. The molecule has 5 rings (SSSR count). The van der Waals surface area contributed by atoms with Gasteiger partial charge in [0.05, 0.1) is 24.1 Å². The van der Waals surface area contributed by atoms with E-state index in [-0.39, 0.29) is 17.5 Å². The molecule has 0 aliphatic carbocycles. The molecule has 3 fully saturated rings. The second kappa shape index (κ2) is 7.33. The number of cyclic esters (lactones) is 1. The van der Waals surface area contributed by atoms with Crippen molar-refractivity contribution in [2.75, 3.05) is 50.8 Å². The molecule has 6 heteroatoms. The van der Waals surface area contributed by atoms with Gasteiger partial charge in [-0.25, -0.2) is 4.98 Å². The first kappa shape index (κ1) is 17.9. The fourth-order valence-corrected chi connectivity index (χ4v) is 4.81. The van der Waals surface area contributed by atoms with E-state index in [1.165, 1.54) is 0 Å². The van der Waals surface area contributed by atoms with Crippen molar-refractivity contribution in [3.05, 3.63) is 36.4 Å². The average molecular weight is 381 g/mol. The van der Waals surface area contributed by atoms with E-state index < -0.39 is 0 Å². The zero-order chi connectivity index (χ0) is 19.0. The minimum absolute atomic E-state index is 0.0110. The van der Waals surface area contributed by atoms with Crippen LogP contribution in [0.1, 0.15) is 19.3 Å². The fraction of sp³-hybridized carbons (Fsp3) is 0.545. The van der Waals surface area contributed by atoms with Gasteiger partial charge in [-0.2, -0.15) is 0 Å². The van der Waals surface area contributed by atoms with Crippen LogP contribution in [0.4, 0.5) is 5.82 Å². The molecule has 3 aliphatic heterocycles. The molecule has 3 saturated heterocycles. The Kier molecular flexibility index (Phi) is 4.69. The number of aromatic nitrogens is 1. The molecule has 1 spiro atoms. The first-order valence-corrected chi connectivity index (χ1v) is 10.3. The van der Waals surface area contributed by atoms with E-state index in [2.05, 4.69) is 34.1 Å². The first-order valence-electron chi connectivity index (χ1n) is 10.3. The number of carbonyl (C=O) groups excluding carboxylic acids is 1. The van der Waals surface area contributed by atoms with Gasteiger partial charge in [0.15, 0.2) is 0 Å². The van der Waals surface area contributed by atoms with Gasteiger partial charge in [-0.05, 0) is 31.0 Å². The summed E-state index contributed by atoms with van der Waals surface area (Å²) in [5, 5.41) is 1.16. The van der Waals surface area contributed by atoms with Crippen molar-refractivity contribution in [2.24, 2.45) is 5.41 Å². The Balaban J connectivity index is 1.23. The van der Waals surface area contributed by atoms with Crippen molar-refractivity contribution in [3.8, 4) is 0 Å². The highest BCUT2D eigenvalue weighted by atomic mass is 16.6. The van der Waals surface area contributed by atoms with E-state index in [9.17, 15) is 4.79 Å². The maximum absolute atomic E-state index is 12.7. The molecule has 0 saturated carbocycles. The number of anilines is 1. The average Bonchev–Trinajstić information content (AvgIpc) is 3.03. The highest BCUT2D eigenvalue weighted by Crippen LogP contribution is 2.44. The predicted molar refractivity (Wildman–Crippen MR) is 107 cm³/mol. The summed E-state index contributed by atoms with van der Waals surface area (Å²) >= 11 is 0. The van der Waals surface area contributed by atoms with Crippen LogP contribution in [0.25, 0.3) is 10.9 Å². The van der Waals surface area contributed by atoms with E-state index in [0.717, 1.165) is 81.9 Å². The van der Waals surface area contributed by atoms with Crippen LogP contribution in [0.5, 0.6) is 0 Å². The van der Waals surface area contributed by atoms with Crippen LogP contribution < -0.4 is 4.90 Å². The van der Waals surface area contributed by atoms with Crippen LogP contribution in [0, 0.1) is 5.41 Å². The first-order chi connectivity index (χ1) is 13.7. The number of benzene rings is 1. The lowest BCUT2D eigenvalue weighted by atomic mass is 9.76. The summed E-state index contributed by atoms with van der Waals surface area (Å²) in [4.78, 5) is 22.2. The number of pyridine rings is 1. The predicted octanol–water partition coefficient (Wildman–Crippen LogP) is 2.47. The molecule has 1 aromatic carbocycles. The maximum Gasteiger partial charge on any atom is 0.312 e. The molecule has 0 amide bonds. The molecule has 0 radical (unpaired) electrons. The molecule has 3 aliphatic rings. The summed E-state index contributed by atoms with van der Waals surface area (Å²) in [6, 6.07) is 12.4. The number of ether oxygens (including phenoxy) is 2. The summed E-state index contributed by atoms with van der Waals surface area (Å²) in [7, 11) is 0. The molecule has 28 heavy (non-hydrogen) atoms. The van der Waals surface area contributed by atoms with Crippen LogP contribution >= 0.6 is 0 Å². The number of hydrogen-bond acceptors (Lipinski definition) is 6. The van der Waals surface area contributed by atoms with Crippen LogP contribution in [0.2, 0.25) is 0 Å². The topological polar surface area (TPSA) is 54.9 Å². The van der Waals surface area contributed by atoms with Gasteiger partial charge >= 0.3 is 5.97 Å². The number of hydrogen-bond donors (Lipinski definition) is 0. The standard InChI is InChI=1S/C22H27N3O3/c26-21-22(15-18(28-21)16-24-11-13-27-14-12-24)7-9-25(10-8-22)20-6-5-17-3-1-2-4-19(17)23-20/h1-6,18H,7-16H2. The lowest BCUT2D eigenvalue weighted by molar-refractivity contribution is -0.150. The van der Waals surface area contributed by atoms with Crippen LogP contribution in [-0.2, 0) is 14.3 Å². The van der Waals surface area contributed by atoms with Crippen LogP contribution in [0.15, 0.2) is 36.4 Å². The minimum Gasteiger partial charge on any atom is -0.461 e. The summed E-state index contributed by atoms with van der Waals surface area (Å²) in [5.41, 5.74) is 0.718. The number of piperidine rings is 1. The van der Waals surface area contributed by atoms with Crippen LogP contribution in [0.3, 0.4) is 0 Å². The zero-order valence-electron chi connectivity index (χ0n) is 16.2. The quantitative estimate of drug-likeness (QED) is 0.762. The second-order valence-corrected chi connectivity index (χ2v) is 8.27. The van der Waals surface area contributed by atoms with Gasteiger partial charge in [0, 0.05) is 44.5 Å². The number of carbonyl (C=O) groups is 1. The second-order valence-electron chi connectivity index (χ2n) is 8.27. The normalized spacial score (nSPS) is 25.4. The molecule has 6 nitrogen and oxygen atoms in total. The van der Waals surface area contributed by atoms with Crippen LogP contribution in [-0.4, -0.2) is 67.9 Å².